The van der Waals surface area contributed by atoms with E-state index in [9.17, 15) is 8.42 Å². The topological polar surface area (TPSA) is 72.2 Å². The first-order valence-corrected chi connectivity index (χ1v) is 7.84. The van der Waals surface area contributed by atoms with Gasteiger partial charge in [-0.15, -0.1) is 12.4 Å². The molecular weight excluding hydrogens is 331 g/mol. The van der Waals surface area contributed by atoms with Gasteiger partial charge in [0.2, 0.25) is 10.0 Å². The van der Waals surface area contributed by atoms with E-state index >= 15 is 0 Å². The fourth-order valence-electron chi connectivity index (χ4n) is 1.66. The lowest BCUT2D eigenvalue weighted by atomic mass is 10.2. The Morgan fingerprint density at radius 1 is 1.26 bits per heavy atom. The van der Waals surface area contributed by atoms with Crippen LogP contribution in [0.5, 0.6) is 0 Å². The Balaban J connectivity index is 0.00000180. The zero-order chi connectivity index (χ0) is 13.3. The molecule has 1 unspecified atom stereocenters. The number of hydrogen-bond acceptors (Lipinski definition) is 3. The molecule has 0 spiro atoms. The van der Waals surface area contributed by atoms with Crippen molar-refractivity contribution < 1.29 is 8.42 Å². The molecule has 0 heterocycles. The van der Waals surface area contributed by atoms with E-state index in [1.165, 1.54) is 18.2 Å². The van der Waals surface area contributed by atoms with Crippen LogP contribution in [0.2, 0.25) is 10.0 Å². The first kappa shape index (κ1) is 17.0. The number of hydrogen-bond donors (Lipinski definition) is 2. The predicted molar refractivity (Wildman–Crippen MR) is 79.6 cm³/mol. The van der Waals surface area contributed by atoms with Crippen molar-refractivity contribution in [1.29, 1.82) is 0 Å². The van der Waals surface area contributed by atoms with Crippen molar-refractivity contribution in [2.24, 2.45) is 11.7 Å². The van der Waals surface area contributed by atoms with Crippen LogP contribution in [0.1, 0.15) is 12.8 Å². The van der Waals surface area contributed by atoms with Gasteiger partial charge in [0.1, 0.15) is 0 Å². The van der Waals surface area contributed by atoms with E-state index in [0.29, 0.717) is 5.92 Å². The van der Waals surface area contributed by atoms with Crippen molar-refractivity contribution in [3.63, 3.8) is 0 Å². The summed E-state index contributed by atoms with van der Waals surface area (Å²) in [6.07, 6.45) is 2.15. The van der Waals surface area contributed by atoms with Gasteiger partial charge >= 0.3 is 0 Å². The Morgan fingerprint density at radius 2 is 1.79 bits per heavy atom. The highest BCUT2D eigenvalue weighted by Crippen LogP contribution is 2.31. The molecule has 0 amide bonds. The molecular formula is C11H15Cl3N2O2S. The van der Waals surface area contributed by atoms with Crippen LogP contribution in [0.15, 0.2) is 23.1 Å². The second-order valence-electron chi connectivity index (χ2n) is 4.46. The lowest BCUT2D eigenvalue weighted by Crippen LogP contribution is -2.38. The van der Waals surface area contributed by atoms with Crippen LogP contribution in [0.4, 0.5) is 0 Å². The minimum Gasteiger partial charge on any atom is -0.326 e. The quantitative estimate of drug-likeness (QED) is 0.861. The van der Waals surface area contributed by atoms with Crippen LogP contribution in [-0.2, 0) is 10.0 Å². The van der Waals surface area contributed by atoms with E-state index in [4.69, 9.17) is 28.9 Å². The smallest absolute Gasteiger partial charge is 0.240 e. The molecule has 4 nitrogen and oxygen atoms in total. The Hall–Kier alpha value is -0.0400. The maximum absolute atomic E-state index is 12.0. The van der Waals surface area contributed by atoms with Crippen molar-refractivity contribution in [1.82, 2.24) is 4.72 Å². The molecule has 0 bridgehead atoms. The molecule has 0 aliphatic heterocycles. The summed E-state index contributed by atoms with van der Waals surface area (Å²) < 4.78 is 26.5. The van der Waals surface area contributed by atoms with E-state index in [1.54, 1.807) is 0 Å². The van der Waals surface area contributed by atoms with Crippen LogP contribution in [0, 0.1) is 5.92 Å². The van der Waals surface area contributed by atoms with Crippen LogP contribution < -0.4 is 10.5 Å². The van der Waals surface area contributed by atoms with Gasteiger partial charge in [0.25, 0.3) is 0 Å². The molecule has 0 radical (unpaired) electrons. The van der Waals surface area contributed by atoms with Gasteiger partial charge in [-0.05, 0) is 37.0 Å². The third-order valence-electron chi connectivity index (χ3n) is 2.88. The monoisotopic (exact) mass is 344 g/mol. The molecule has 1 fully saturated rings. The van der Waals surface area contributed by atoms with Crippen LogP contribution in [-0.4, -0.2) is 21.0 Å². The van der Waals surface area contributed by atoms with Gasteiger partial charge in [0, 0.05) is 22.6 Å². The molecule has 0 saturated heterocycles. The van der Waals surface area contributed by atoms with Crippen molar-refractivity contribution in [2.75, 3.05) is 6.54 Å². The van der Waals surface area contributed by atoms with Crippen LogP contribution >= 0.6 is 35.6 Å². The summed E-state index contributed by atoms with van der Waals surface area (Å²) >= 11 is 11.6. The summed E-state index contributed by atoms with van der Waals surface area (Å²) in [5.74, 6) is 0.440. The second-order valence-corrected chi connectivity index (χ2v) is 7.10. The molecule has 1 aromatic rings. The molecule has 1 aliphatic rings. The average molecular weight is 346 g/mol. The van der Waals surface area contributed by atoms with E-state index in [-0.39, 0.29) is 39.9 Å². The minimum atomic E-state index is -3.60. The number of benzene rings is 1. The van der Waals surface area contributed by atoms with E-state index in [2.05, 4.69) is 4.72 Å². The Kier molecular flexibility index (Phi) is 5.92. The molecule has 108 valence electrons. The highest BCUT2D eigenvalue weighted by molar-refractivity contribution is 7.89. The fourth-order valence-corrected chi connectivity index (χ4v) is 3.46. The van der Waals surface area contributed by atoms with Gasteiger partial charge in [-0.1, -0.05) is 23.2 Å². The minimum absolute atomic E-state index is 0. The van der Waals surface area contributed by atoms with Gasteiger partial charge in [0.15, 0.2) is 0 Å². The van der Waals surface area contributed by atoms with Crippen LogP contribution in [0.3, 0.4) is 0 Å². The molecule has 2 rings (SSSR count). The first-order chi connectivity index (χ1) is 8.38. The number of halogens is 3. The number of rotatable bonds is 5. The molecule has 19 heavy (non-hydrogen) atoms. The van der Waals surface area contributed by atoms with Crippen molar-refractivity contribution in [2.45, 2.75) is 23.8 Å². The summed E-state index contributed by atoms with van der Waals surface area (Å²) in [7, 11) is -3.60. The normalized spacial score (nSPS) is 16.8. The first-order valence-electron chi connectivity index (χ1n) is 5.60. The standard InChI is InChI=1S/C11H14Cl2N2O2S.ClH/c12-8-3-9(13)5-10(4-8)18(16,17)15-6-11(14)7-1-2-7;/h3-5,7,11,15H,1-2,6,14H2;1H. The Labute approximate surface area is 129 Å². The van der Waals surface area contributed by atoms with E-state index < -0.39 is 10.0 Å². The predicted octanol–water partition coefficient (Wildman–Crippen LogP) is 2.43. The number of sulfonamides is 1. The molecule has 3 N–H and O–H groups in total. The van der Waals surface area contributed by atoms with Crippen molar-refractivity contribution in [3.05, 3.63) is 28.2 Å². The van der Waals surface area contributed by atoms with Crippen LogP contribution in [0.25, 0.3) is 0 Å². The summed E-state index contributed by atoms with van der Waals surface area (Å²) in [5.41, 5.74) is 5.84. The highest BCUT2D eigenvalue weighted by Gasteiger charge is 2.29. The third kappa shape index (κ3) is 4.77. The largest absolute Gasteiger partial charge is 0.326 e. The molecule has 1 saturated carbocycles. The molecule has 1 aromatic carbocycles. The lowest BCUT2D eigenvalue weighted by molar-refractivity contribution is 0.548. The number of nitrogens with one attached hydrogen (secondary N) is 1. The zero-order valence-electron chi connectivity index (χ0n) is 9.97. The summed E-state index contributed by atoms with van der Waals surface area (Å²) in [5, 5.41) is 0.573. The molecule has 1 atom stereocenters. The second kappa shape index (κ2) is 6.61. The zero-order valence-corrected chi connectivity index (χ0v) is 13.1. The Morgan fingerprint density at radius 3 is 2.26 bits per heavy atom. The van der Waals surface area contributed by atoms with Gasteiger partial charge in [0.05, 0.1) is 4.90 Å². The van der Waals surface area contributed by atoms with Gasteiger partial charge < -0.3 is 5.73 Å². The van der Waals surface area contributed by atoms with Gasteiger partial charge in [-0.3, -0.25) is 0 Å². The number of nitrogens with two attached hydrogens (primary N) is 1. The molecule has 8 heteroatoms. The fraction of sp³-hybridized carbons (Fsp3) is 0.455. The SMILES string of the molecule is Cl.NC(CNS(=O)(=O)c1cc(Cl)cc(Cl)c1)C1CC1. The van der Waals surface area contributed by atoms with Gasteiger partial charge in [-0.25, -0.2) is 13.1 Å². The lowest BCUT2D eigenvalue weighted by Gasteiger charge is -2.12. The maximum Gasteiger partial charge on any atom is 0.240 e. The maximum atomic E-state index is 12.0. The Bertz CT molecular complexity index is 527. The molecule has 0 aromatic heterocycles. The average Bonchev–Trinajstić information content (AvgIpc) is 3.08. The highest BCUT2D eigenvalue weighted by atomic mass is 35.5. The van der Waals surface area contributed by atoms with Crippen molar-refractivity contribution in [3.8, 4) is 0 Å². The van der Waals surface area contributed by atoms with Gasteiger partial charge in [-0.2, -0.15) is 0 Å². The summed E-state index contributed by atoms with van der Waals surface area (Å²) in [4.78, 5) is 0.0583. The summed E-state index contributed by atoms with van der Waals surface area (Å²) in [6, 6.07) is 4.07. The van der Waals surface area contributed by atoms with Crippen molar-refractivity contribution >= 4 is 45.6 Å². The third-order valence-corrected chi connectivity index (χ3v) is 4.72. The summed E-state index contributed by atoms with van der Waals surface area (Å²) in [6.45, 7) is 0.233. The van der Waals surface area contributed by atoms with E-state index in [0.717, 1.165) is 12.8 Å². The molecule has 1 aliphatic carbocycles. The van der Waals surface area contributed by atoms with E-state index in [1.807, 2.05) is 0 Å².